The fourth-order valence-corrected chi connectivity index (χ4v) is 15.4. The van der Waals surface area contributed by atoms with Crippen LogP contribution < -0.4 is 20.5 Å². The Kier molecular flexibility index (Phi) is 10.5. The van der Waals surface area contributed by atoms with E-state index in [2.05, 4.69) is 253 Å². The van der Waals surface area contributed by atoms with Crippen molar-refractivity contribution in [1.82, 2.24) is 0 Å². The number of fused-ring (bicyclic) bond motifs is 12. The first kappa shape index (κ1) is 49.5. The number of para-hydroxylation sites is 1. The highest BCUT2D eigenvalue weighted by Crippen LogP contribution is 2.58. The molecule has 3 nitrogen and oxygen atoms in total. The summed E-state index contributed by atoms with van der Waals surface area (Å²) in [5.41, 5.74) is 26.1. The maximum absolute atomic E-state index is 7.32. The van der Waals surface area contributed by atoms with Gasteiger partial charge in [-0.15, -0.1) is 11.3 Å². The molecule has 8 aromatic carbocycles. The number of thiophene rings is 1. The third-order valence-electron chi connectivity index (χ3n) is 19.4. The molecule has 4 aliphatic rings. The van der Waals surface area contributed by atoms with E-state index in [1.165, 1.54) is 113 Å². The minimum atomic E-state index is -0.245. The van der Waals surface area contributed by atoms with Gasteiger partial charge in [0, 0.05) is 60.2 Å². The van der Waals surface area contributed by atoms with E-state index >= 15 is 0 Å². The molecule has 78 heavy (non-hydrogen) atoms. The van der Waals surface area contributed by atoms with Gasteiger partial charge in [0.2, 0.25) is 7.28 Å². The largest absolute Gasteiger partial charge is 0.455 e. The normalized spacial score (nSPS) is 17.9. The summed E-state index contributed by atoms with van der Waals surface area (Å²) in [6.07, 6.45) is 4.70. The molecule has 5 heteroatoms. The lowest BCUT2D eigenvalue weighted by Gasteiger charge is -2.42. The van der Waals surface area contributed by atoms with Gasteiger partial charge in [-0.1, -0.05) is 169 Å². The van der Waals surface area contributed by atoms with E-state index in [1.54, 1.807) is 0 Å². The minimum absolute atomic E-state index is 0.0100. The van der Waals surface area contributed by atoms with Crippen molar-refractivity contribution in [1.29, 1.82) is 0 Å². The average Bonchev–Trinajstić information content (AvgIpc) is 3.74. The van der Waals surface area contributed by atoms with E-state index in [-0.39, 0.29) is 32.5 Å². The van der Waals surface area contributed by atoms with Crippen molar-refractivity contribution in [3.63, 3.8) is 0 Å². The van der Waals surface area contributed by atoms with E-state index < -0.39 is 0 Å². The zero-order chi connectivity index (χ0) is 54.2. The molecule has 0 saturated heterocycles. The molecule has 0 atom stereocenters. The van der Waals surface area contributed by atoms with Gasteiger partial charge in [-0.2, -0.15) is 0 Å². The highest BCUT2D eigenvalue weighted by atomic mass is 32.1. The number of nitrogens with zero attached hydrogens (tertiary/aromatic N) is 1. The second kappa shape index (κ2) is 16.6. The summed E-state index contributed by atoms with van der Waals surface area (Å²) in [5, 5.41) is 7.68. The smallest absolute Gasteiger partial charge is 0.212 e. The van der Waals surface area contributed by atoms with E-state index in [0.29, 0.717) is 0 Å². The lowest BCUT2D eigenvalue weighted by molar-refractivity contribution is 0.331. The average molecular weight is 1040 g/mol. The summed E-state index contributed by atoms with van der Waals surface area (Å²) in [7, 11) is 2.52. The molecule has 14 rings (SSSR count). The second-order valence-electron chi connectivity index (χ2n) is 27.8. The van der Waals surface area contributed by atoms with Crippen molar-refractivity contribution >= 4 is 89.3 Å². The number of benzene rings is 8. The Labute approximate surface area is 467 Å². The monoisotopic (exact) mass is 1040 g/mol. The van der Waals surface area contributed by atoms with Crippen LogP contribution in [0.15, 0.2) is 150 Å². The number of anilines is 5. The lowest BCUT2D eigenvalue weighted by atomic mass is 9.61. The summed E-state index contributed by atoms with van der Waals surface area (Å²) in [5.74, 6) is 0. The number of furan rings is 1. The molecule has 2 aromatic heterocycles. The summed E-state index contributed by atoms with van der Waals surface area (Å²) in [4.78, 5) is 2.62. The van der Waals surface area contributed by atoms with Crippen molar-refractivity contribution in [2.24, 2.45) is 0 Å². The highest BCUT2D eigenvalue weighted by Gasteiger charge is 2.45. The molecule has 0 unspecified atom stereocenters. The lowest BCUT2D eigenvalue weighted by Crippen LogP contribution is -2.39. The molecule has 0 fully saturated rings. The fraction of sp³-hybridized carbons (Fsp3) is 0.315. The second-order valence-corrected chi connectivity index (χ2v) is 28.8. The van der Waals surface area contributed by atoms with Crippen LogP contribution in [0.4, 0.5) is 28.4 Å². The minimum Gasteiger partial charge on any atom is -0.455 e. The van der Waals surface area contributed by atoms with Crippen molar-refractivity contribution in [2.45, 2.75) is 148 Å². The molecular formula is C73H72BN2OS. The van der Waals surface area contributed by atoms with Crippen LogP contribution >= 0.6 is 11.3 Å². The van der Waals surface area contributed by atoms with Gasteiger partial charge < -0.3 is 14.6 Å². The summed E-state index contributed by atoms with van der Waals surface area (Å²) >= 11 is 1.94. The summed E-state index contributed by atoms with van der Waals surface area (Å²) in [6.45, 7) is 31.5. The van der Waals surface area contributed by atoms with Crippen molar-refractivity contribution in [2.75, 3.05) is 10.2 Å². The fourth-order valence-electron chi connectivity index (χ4n) is 14.3. The van der Waals surface area contributed by atoms with E-state index in [0.717, 1.165) is 55.8 Å². The molecule has 3 heterocycles. The third kappa shape index (κ3) is 7.42. The Bertz CT molecular complexity index is 4140. The Morgan fingerprint density at radius 2 is 1.10 bits per heavy atom. The zero-order valence-electron chi connectivity index (χ0n) is 48.0. The quantitative estimate of drug-likeness (QED) is 0.174. The molecular weight excluding hydrogens is 964 g/mol. The molecule has 0 bridgehead atoms. The maximum Gasteiger partial charge on any atom is 0.212 e. The van der Waals surface area contributed by atoms with Gasteiger partial charge in [-0.05, 0) is 191 Å². The van der Waals surface area contributed by atoms with Gasteiger partial charge in [0.1, 0.15) is 11.2 Å². The topological polar surface area (TPSA) is 28.4 Å². The van der Waals surface area contributed by atoms with Gasteiger partial charge in [-0.3, -0.25) is 0 Å². The number of nitrogens with one attached hydrogen (secondary N) is 1. The van der Waals surface area contributed by atoms with E-state index in [9.17, 15) is 0 Å². The maximum atomic E-state index is 7.32. The first-order valence-corrected chi connectivity index (χ1v) is 29.5. The number of rotatable bonds is 5. The molecule has 0 saturated carbocycles. The van der Waals surface area contributed by atoms with E-state index in [4.69, 9.17) is 4.42 Å². The van der Waals surface area contributed by atoms with Gasteiger partial charge >= 0.3 is 0 Å². The zero-order valence-corrected chi connectivity index (χ0v) is 48.8. The predicted molar refractivity (Wildman–Crippen MR) is 336 cm³/mol. The van der Waals surface area contributed by atoms with Crippen LogP contribution in [0.1, 0.15) is 155 Å². The van der Waals surface area contributed by atoms with Crippen LogP contribution in [0.25, 0.3) is 65.4 Å². The van der Waals surface area contributed by atoms with Gasteiger partial charge in [0.25, 0.3) is 0 Å². The van der Waals surface area contributed by atoms with E-state index in [1.807, 2.05) is 11.3 Å². The molecule has 1 N–H and O–H groups in total. The van der Waals surface area contributed by atoms with Crippen molar-refractivity contribution in [3.05, 3.63) is 185 Å². The molecule has 0 spiro atoms. The summed E-state index contributed by atoms with van der Waals surface area (Å²) in [6, 6.07) is 55.7. The van der Waals surface area contributed by atoms with Crippen LogP contribution in [0.5, 0.6) is 0 Å². The van der Waals surface area contributed by atoms with Gasteiger partial charge in [0.05, 0.1) is 5.69 Å². The number of hydrogen-bond acceptors (Lipinski definition) is 4. The first-order valence-electron chi connectivity index (χ1n) is 28.7. The standard InChI is InChI=1S/C73H72BN2OS/c1-68(2,3)44-25-29-46(30-26-44)76-60-38-50-47-21-17-18-22-61(47)77-66(50)63(64(60)74-67-65(76)52-37-56-58(41-62(52)78-67)72(10,11)34-32-70(56,6)7)51-35-48-49-36-55-57(71(8,9)33-31-69(55,4)5)39-53(49)73(12,13)54(48)40-59(51)75-45-27-23-43(24-28-45)42-19-15-14-16-20-42/h14-30,35-41,75H,31-34H2,1-13H3. The Balaban J connectivity index is 1.07. The molecule has 10 aromatic rings. The Morgan fingerprint density at radius 3 is 1.77 bits per heavy atom. The van der Waals surface area contributed by atoms with Crippen LogP contribution in [0.2, 0.25) is 0 Å². The predicted octanol–water partition coefficient (Wildman–Crippen LogP) is 19.6. The highest BCUT2D eigenvalue weighted by molar-refractivity contribution is 7.29. The molecule has 1 radical (unpaired) electrons. The van der Waals surface area contributed by atoms with Crippen LogP contribution in [-0.4, -0.2) is 7.28 Å². The van der Waals surface area contributed by atoms with Crippen molar-refractivity contribution < 1.29 is 4.42 Å². The summed E-state index contributed by atoms with van der Waals surface area (Å²) < 4.78 is 9.93. The molecule has 0 amide bonds. The molecule has 1 aliphatic heterocycles. The number of hydrogen-bond donors (Lipinski definition) is 1. The van der Waals surface area contributed by atoms with Crippen molar-refractivity contribution in [3.8, 4) is 33.4 Å². The van der Waals surface area contributed by atoms with Crippen LogP contribution in [0.3, 0.4) is 0 Å². The molecule has 389 valence electrons. The third-order valence-corrected chi connectivity index (χ3v) is 20.5. The Hall–Kier alpha value is -6.82. The van der Waals surface area contributed by atoms with Gasteiger partial charge in [-0.25, -0.2) is 0 Å². The van der Waals surface area contributed by atoms with Gasteiger partial charge in [0.15, 0.2) is 0 Å². The SMILES string of the molecule is CC(C)(C)c1ccc(N2c3cc4c(oc5ccccc54)c(-c4cc5c(cc4Nc4ccc(-c6ccccc6)cc4)C(C)(C)c4cc6c(cc4-5)C(C)(C)CCC6(C)C)c3[B]c3sc4cc5c(cc4c32)C(C)(C)CCC5(C)C)cc1. The Morgan fingerprint density at radius 1 is 0.526 bits per heavy atom. The van der Waals surface area contributed by atoms with Crippen LogP contribution in [-0.2, 0) is 32.5 Å². The molecule has 3 aliphatic carbocycles. The first-order chi connectivity index (χ1) is 37.0. The van der Waals surface area contributed by atoms with Crippen LogP contribution in [0, 0.1) is 0 Å².